The van der Waals surface area contributed by atoms with E-state index in [-0.39, 0.29) is 23.9 Å². The van der Waals surface area contributed by atoms with Gasteiger partial charge in [-0.1, -0.05) is 50.5 Å². The van der Waals surface area contributed by atoms with Crippen LogP contribution in [0.4, 0.5) is 0 Å². The second-order valence-electron chi connectivity index (χ2n) is 7.66. The van der Waals surface area contributed by atoms with Crippen molar-refractivity contribution in [2.45, 2.75) is 89.9 Å². The van der Waals surface area contributed by atoms with Gasteiger partial charge in [-0.05, 0) is 38.5 Å². The van der Waals surface area contributed by atoms with E-state index in [2.05, 4.69) is 29.9 Å². The van der Waals surface area contributed by atoms with Crippen LogP contribution in [0, 0.1) is 11.8 Å². The molecule has 2 N–H and O–H groups in total. The largest absolute Gasteiger partial charge is 0.469 e. The quantitative estimate of drug-likeness (QED) is 0.262. The van der Waals surface area contributed by atoms with Crippen LogP contribution >= 0.6 is 0 Å². The first kappa shape index (κ1) is 24.9. The Bertz CT molecular complexity index is 474. The van der Waals surface area contributed by atoms with Gasteiger partial charge in [0.1, 0.15) is 0 Å². The van der Waals surface area contributed by atoms with Gasteiger partial charge in [0.25, 0.3) is 0 Å². The van der Waals surface area contributed by atoms with Gasteiger partial charge in [0, 0.05) is 25.4 Å². The van der Waals surface area contributed by atoms with Gasteiger partial charge in [-0.3, -0.25) is 4.79 Å². The minimum Gasteiger partial charge on any atom is -0.469 e. The minimum absolute atomic E-state index is 0.00295. The first-order valence-corrected chi connectivity index (χ1v) is 10.9. The normalized spacial score (nSPS) is 26.3. The molecule has 162 valence electrons. The number of aliphatic hydroxyl groups excluding tert-OH is 2. The standard InChI is InChI=1S/C23H40O5/c1-4-6-9-12-18(24)15-16-20-19(21(25)17-22(20)28-5-2)13-10-7-8-11-14-23(26)27-3/h7,10,15-16,18-22,24-25H,4-6,8-9,11-14,17H2,1-3H3. The first-order valence-electron chi connectivity index (χ1n) is 10.9. The van der Waals surface area contributed by atoms with Crippen molar-refractivity contribution >= 4 is 5.97 Å². The number of aliphatic hydroxyl groups is 2. The highest BCUT2D eigenvalue weighted by Crippen LogP contribution is 2.38. The number of allylic oxidation sites excluding steroid dienone is 2. The Labute approximate surface area is 170 Å². The summed E-state index contributed by atoms with van der Waals surface area (Å²) in [7, 11) is 1.41. The van der Waals surface area contributed by atoms with Gasteiger partial charge >= 0.3 is 5.97 Å². The molecule has 0 radical (unpaired) electrons. The summed E-state index contributed by atoms with van der Waals surface area (Å²) >= 11 is 0. The number of methoxy groups -OCH3 is 1. The van der Waals surface area contributed by atoms with Crippen molar-refractivity contribution in [2.24, 2.45) is 11.8 Å². The van der Waals surface area contributed by atoms with Crippen molar-refractivity contribution in [3.05, 3.63) is 24.3 Å². The fraction of sp³-hybridized carbons (Fsp3) is 0.783. The van der Waals surface area contributed by atoms with E-state index in [0.29, 0.717) is 19.4 Å². The molecule has 0 aromatic carbocycles. The fourth-order valence-electron chi connectivity index (χ4n) is 3.87. The van der Waals surface area contributed by atoms with Crippen LogP contribution in [-0.4, -0.2) is 48.2 Å². The van der Waals surface area contributed by atoms with Crippen molar-refractivity contribution in [3.8, 4) is 0 Å². The number of carbonyl (C=O) groups is 1. The predicted octanol–water partition coefficient (Wildman–Crippen LogP) is 4.18. The predicted molar refractivity (Wildman–Crippen MR) is 112 cm³/mol. The van der Waals surface area contributed by atoms with Gasteiger partial charge in [0.05, 0.1) is 25.4 Å². The lowest BCUT2D eigenvalue weighted by Gasteiger charge is -2.22. The molecule has 0 aromatic rings. The zero-order valence-electron chi connectivity index (χ0n) is 17.9. The number of rotatable bonds is 14. The first-order chi connectivity index (χ1) is 13.5. The second kappa shape index (κ2) is 14.8. The van der Waals surface area contributed by atoms with Gasteiger partial charge in [-0.15, -0.1) is 0 Å². The fourth-order valence-corrected chi connectivity index (χ4v) is 3.87. The third-order valence-corrected chi connectivity index (χ3v) is 5.49. The van der Waals surface area contributed by atoms with Crippen LogP contribution in [0.5, 0.6) is 0 Å². The van der Waals surface area contributed by atoms with E-state index in [9.17, 15) is 15.0 Å². The molecule has 0 aliphatic heterocycles. The molecular weight excluding hydrogens is 356 g/mol. The highest BCUT2D eigenvalue weighted by atomic mass is 16.5. The van der Waals surface area contributed by atoms with Crippen LogP contribution in [0.3, 0.4) is 0 Å². The van der Waals surface area contributed by atoms with E-state index in [1.165, 1.54) is 7.11 Å². The van der Waals surface area contributed by atoms with Gasteiger partial charge in [-0.2, -0.15) is 0 Å². The monoisotopic (exact) mass is 396 g/mol. The van der Waals surface area contributed by atoms with Crippen molar-refractivity contribution in [1.29, 1.82) is 0 Å². The summed E-state index contributed by atoms with van der Waals surface area (Å²) in [5.74, 6) is 0.0184. The van der Waals surface area contributed by atoms with Crippen LogP contribution in [0.25, 0.3) is 0 Å². The van der Waals surface area contributed by atoms with Crippen molar-refractivity contribution < 1.29 is 24.5 Å². The molecule has 0 aromatic heterocycles. The topological polar surface area (TPSA) is 76.0 Å². The average Bonchev–Trinajstić information content (AvgIpc) is 2.97. The number of hydrogen-bond donors (Lipinski definition) is 2. The summed E-state index contributed by atoms with van der Waals surface area (Å²) in [5.41, 5.74) is 0. The molecule has 28 heavy (non-hydrogen) atoms. The lowest BCUT2D eigenvalue weighted by molar-refractivity contribution is -0.140. The average molecular weight is 397 g/mol. The number of unbranched alkanes of at least 4 members (excludes halogenated alkanes) is 3. The molecule has 1 aliphatic carbocycles. The summed E-state index contributed by atoms with van der Waals surface area (Å²) in [6, 6.07) is 0. The molecule has 5 unspecified atom stereocenters. The summed E-state index contributed by atoms with van der Waals surface area (Å²) in [5, 5.41) is 20.7. The van der Waals surface area contributed by atoms with Crippen LogP contribution in [-0.2, 0) is 14.3 Å². The number of esters is 1. The van der Waals surface area contributed by atoms with Crippen LogP contribution < -0.4 is 0 Å². The lowest BCUT2D eigenvalue weighted by Crippen LogP contribution is -2.22. The number of hydrogen-bond acceptors (Lipinski definition) is 5. The van der Waals surface area contributed by atoms with Crippen LogP contribution in [0.15, 0.2) is 24.3 Å². The minimum atomic E-state index is -0.430. The third-order valence-electron chi connectivity index (χ3n) is 5.49. The molecule has 0 heterocycles. The number of carbonyl (C=O) groups excluding carboxylic acids is 1. The maximum absolute atomic E-state index is 11.1. The summed E-state index contributed by atoms with van der Waals surface area (Å²) in [6.45, 7) is 4.75. The van der Waals surface area contributed by atoms with Crippen LogP contribution in [0.2, 0.25) is 0 Å². The van der Waals surface area contributed by atoms with Crippen molar-refractivity contribution in [3.63, 3.8) is 0 Å². The SMILES string of the molecule is CCCCCC(O)C=CC1C(OCC)CC(O)C1CC=CCCCC(=O)OC. The van der Waals surface area contributed by atoms with E-state index in [1.54, 1.807) is 0 Å². The number of ether oxygens (including phenoxy) is 2. The van der Waals surface area contributed by atoms with E-state index < -0.39 is 12.2 Å². The van der Waals surface area contributed by atoms with Gasteiger partial charge in [0.2, 0.25) is 0 Å². The molecule has 0 saturated heterocycles. The lowest BCUT2D eigenvalue weighted by atomic mass is 9.89. The zero-order chi connectivity index (χ0) is 20.8. The van der Waals surface area contributed by atoms with Crippen molar-refractivity contribution in [2.75, 3.05) is 13.7 Å². The summed E-state index contributed by atoms with van der Waals surface area (Å²) in [6.07, 6.45) is 14.8. The Morgan fingerprint density at radius 1 is 1.21 bits per heavy atom. The van der Waals surface area contributed by atoms with Crippen LogP contribution in [0.1, 0.15) is 71.6 Å². The molecule has 0 bridgehead atoms. The summed E-state index contributed by atoms with van der Waals surface area (Å²) in [4.78, 5) is 11.1. The molecule has 5 atom stereocenters. The molecule has 0 amide bonds. The molecule has 1 rings (SSSR count). The maximum atomic E-state index is 11.1. The molecule has 5 nitrogen and oxygen atoms in total. The molecule has 1 fully saturated rings. The Balaban J connectivity index is 2.58. The molecule has 5 heteroatoms. The summed E-state index contributed by atoms with van der Waals surface area (Å²) < 4.78 is 10.5. The Hall–Kier alpha value is -1.17. The highest BCUT2D eigenvalue weighted by molar-refractivity contribution is 5.69. The second-order valence-corrected chi connectivity index (χ2v) is 7.66. The van der Waals surface area contributed by atoms with E-state index in [0.717, 1.165) is 44.9 Å². The van der Waals surface area contributed by atoms with E-state index in [4.69, 9.17) is 4.74 Å². The van der Waals surface area contributed by atoms with Gasteiger partial charge in [-0.25, -0.2) is 0 Å². The Morgan fingerprint density at radius 2 is 2.00 bits per heavy atom. The van der Waals surface area contributed by atoms with Gasteiger partial charge in [0.15, 0.2) is 0 Å². The molecule has 1 aliphatic rings. The Morgan fingerprint density at radius 3 is 2.68 bits per heavy atom. The molecular formula is C23H40O5. The Kier molecular flexibility index (Phi) is 13.1. The highest BCUT2D eigenvalue weighted by Gasteiger charge is 2.40. The van der Waals surface area contributed by atoms with E-state index >= 15 is 0 Å². The van der Waals surface area contributed by atoms with Crippen molar-refractivity contribution in [1.82, 2.24) is 0 Å². The smallest absolute Gasteiger partial charge is 0.305 e. The molecule has 1 saturated carbocycles. The zero-order valence-corrected chi connectivity index (χ0v) is 17.9. The van der Waals surface area contributed by atoms with Gasteiger partial charge < -0.3 is 19.7 Å². The van der Waals surface area contributed by atoms with E-state index in [1.807, 2.05) is 13.0 Å². The third kappa shape index (κ3) is 9.35. The molecule has 0 spiro atoms. The maximum Gasteiger partial charge on any atom is 0.305 e.